The maximum Gasteiger partial charge on any atom is 0.324 e. The zero-order chi connectivity index (χ0) is 10.4. The van der Waals surface area contributed by atoms with Crippen LogP contribution in [0.2, 0.25) is 0 Å². The minimum Gasteiger partial charge on any atom is -0.468 e. The second kappa shape index (κ2) is 5.98. The van der Waals surface area contributed by atoms with Crippen molar-refractivity contribution in [3.63, 3.8) is 0 Å². The highest BCUT2D eigenvalue weighted by molar-refractivity contribution is 5.75. The first-order chi connectivity index (χ1) is 6.77. The van der Waals surface area contributed by atoms with E-state index < -0.39 is 0 Å². The van der Waals surface area contributed by atoms with Gasteiger partial charge in [-0.25, -0.2) is 0 Å². The lowest BCUT2D eigenvalue weighted by Gasteiger charge is -2.21. The van der Waals surface area contributed by atoms with Crippen LogP contribution >= 0.6 is 0 Å². The van der Waals surface area contributed by atoms with Crippen LogP contribution in [0, 0.1) is 0 Å². The van der Waals surface area contributed by atoms with Gasteiger partial charge in [-0.2, -0.15) is 0 Å². The van der Waals surface area contributed by atoms with Crippen molar-refractivity contribution in [1.29, 1.82) is 0 Å². The van der Waals surface area contributed by atoms with E-state index in [0.29, 0.717) is 0 Å². The molecule has 82 valence electrons. The van der Waals surface area contributed by atoms with Crippen molar-refractivity contribution in [2.75, 3.05) is 33.3 Å². The number of esters is 1. The molecule has 4 heteroatoms. The zero-order valence-corrected chi connectivity index (χ0v) is 9.08. The highest BCUT2D eigenvalue weighted by Gasteiger charge is 2.22. The third-order valence-corrected chi connectivity index (χ3v) is 2.58. The Morgan fingerprint density at radius 2 is 2.14 bits per heavy atom. The SMILES string of the molecule is CCNC(CN1CCCC1)C(=O)OC. The molecule has 1 aliphatic rings. The number of ether oxygens (including phenoxy) is 1. The van der Waals surface area contributed by atoms with Crippen molar-refractivity contribution in [2.24, 2.45) is 0 Å². The van der Waals surface area contributed by atoms with E-state index in [0.717, 1.165) is 26.2 Å². The molecule has 0 radical (unpaired) electrons. The van der Waals surface area contributed by atoms with E-state index in [1.54, 1.807) is 0 Å². The van der Waals surface area contributed by atoms with Gasteiger partial charge in [0.05, 0.1) is 7.11 Å². The molecule has 0 aromatic carbocycles. The molecule has 0 amide bonds. The molecule has 0 aromatic heterocycles. The van der Waals surface area contributed by atoms with E-state index in [2.05, 4.69) is 10.2 Å². The molecule has 0 spiro atoms. The Balaban J connectivity index is 2.37. The Hall–Kier alpha value is -0.610. The molecule has 14 heavy (non-hydrogen) atoms. The summed E-state index contributed by atoms with van der Waals surface area (Å²) in [6, 6.07) is -0.164. The third-order valence-electron chi connectivity index (χ3n) is 2.58. The van der Waals surface area contributed by atoms with Gasteiger partial charge in [-0.3, -0.25) is 4.79 Å². The number of methoxy groups -OCH3 is 1. The normalized spacial score (nSPS) is 19.6. The van der Waals surface area contributed by atoms with Crippen molar-refractivity contribution in [3.05, 3.63) is 0 Å². The lowest BCUT2D eigenvalue weighted by atomic mass is 10.2. The first-order valence-electron chi connectivity index (χ1n) is 5.31. The summed E-state index contributed by atoms with van der Waals surface area (Å²) in [7, 11) is 1.44. The summed E-state index contributed by atoms with van der Waals surface area (Å²) in [5, 5.41) is 3.14. The number of carbonyl (C=O) groups is 1. The Bertz CT molecular complexity index is 179. The Morgan fingerprint density at radius 3 is 2.64 bits per heavy atom. The standard InChI is InChI=1S/C10H20N2O2/c1-3-11-9(10(13)14-2)8-12-6-4-5-7-12/h9,11H,3-8H2,1-2H3. The van der Waals surface area contributed by atoms with Gasteiger partial charge in [-0.15, -0.1) is 0 Å². The Labute approximate surface area is 85.6 Å². The summed E-state index contributed by atoms with van der Waals surface area (Å²) in [6.45, 7) is 5.80. The van der Waals surface area contributed by atoms with Crippen LogP contribution < -0.4 is 5.32 Å². The van der Waals surface area contributed by atoms with Gasteiger partial charge in [0.1, 0.15) is 6.04 Å². The average Bonchev–Trinajstić information content (AvgIpc) is 2.68. The maximum atomic E-state index is 11.4. The minimum atomic E-state index is -0.164. The highest BCUT2D eigenvalue weighted by atomic mass is 16.5. The van der Waals surface area contributed by atoms with E-state index in [1.807, 2.05) is 6.92 Å². The smallest absolute Gasteiger partial charge is 0.324 e. The molecule has 1 atom stereocenters. The van der Waals surface area contributed by atoms with Crippen LogP contribution in [-0.2, 0) is 9.53 Å². The Kier molecular flexibility index (Phi) is 4.90. The monoisotopic (exact) mass is 200 g/mol. The number of hydrogen-bond acceptors (Lipinski definition) is 4. The van der Waals surface area contributed by atoms with Gasteiger partial charge in [-0.05, 0) is 32.5 Å². The van der Waals surface area contributed by atoms with Gasteiger partial charge >= 0.3 is 5.97 Å². The van der Waals surface area contributed by atoms with Gasteiger partial charge in [-0.1, -0.05) is 6.92 Å². The molecule has 1 aliphatic heterocycles. The first-order valence-corrected chi connectivity index (χ1v) is 5.31. The molecule has 1 rings (SSSR count). The molecule has 1 fully saturated rings. The quantitative estimate of drug-likeness (QED) is 0.645. The van der Waals surface area contributed by atoms with Gasteiger partial charge in [0, 0.05) is 6.54 Å². The molecule has 0 saturated carbocycles. The fraction of sp³-hybridized carbons (Fsp3) is 0.900. The van der Waals surface area contributed by atoms with Crippen LogP contribution in [0.3, 0.4) is 0 Å². The van der Waals surface area contributed by atoms with Crippen LogP contribution in [0.5, 0.6) is 0 Å². The van der Waals surface area contributed by atoms with Crippen LogP contribution in [0.15, 0.2) is 0 Å². The van der Waals surface area contributed by atoms with E-state index in [1.165, 1.54) is 20.0 Å². The summed E-state index contributed by atoms with van der Waals surface area (Å²) < 4.78 is 4.75. The lowest BCUT2D eigenvalue weighted by molar-refractivity contribution is -0.143. The minimum absolute atomic E-state index is 0.154. The predicted octanol–water partition coefficient (Wildman–Crippen LogP) is 0.233. The largest absolute Gasteiger partial charge is 0.468 e. The number of likely N-dealkylation sites (tertiary alicyclic amines) is 1. The van der Waals surface area contributed by atoms with E-state index in [9.17, 15) is 4.79 Å². The second-order valence-electron chi connectivity index (χ2n) is 3.64. The van der Waals surface area contributed by atoms with Crippen LogP contribution in [0.4, 0.5) is 0 Å². The molecule has 0 aromatic rings. The molecule has 1 unspecified atom stereocenters. The highest BCUT2D eigenvalue weighted by Crippen LogP contribution is 2.08. The van der Waals surface area contributed by atoms with Gasteiger partial charge in [0.2, 0.25) is 0 Å². The van der Waals surface area contributed by atoms with Gasteiger partial charge in [0.25, 0.3) is 0 Å². The van der Waals surface area contributed by atoms with Crippen molar-refractivity contribution in [3.8, 4) is 0 Å². The summed E-state index contributed by atoms with van der Waals surface area (Å²) in [5.41, 5.74) is 0. The molecule has 1 N–H and O–H groups in total. The first kappa shape index (κ1) is 11.5. The second-order valence-corrected chi connectivity index (χ2v) is 3.64. The number of rotatable bonds is 5. The predicted molar refractivity (Wildman–Crippen MR) is 55.2 cm³/mol. The van der Waals surface area contributed by atoms with Crippen LogP contribution in [-0.4, -0.2) is 50.2 Å². The molecule has 0 bridgehead atoms. The number of hydrogen-bond donors (Lipinski definition) is 1. The molecule has 1 heterocycles. The van der Waals surface area contributed by atoms with Crippen molar-refractivity contribution in [2.45, 2.75) is 25.8 Å². The average molecular weight is 200 g/mol. The number of carbonyl (C=O) groups excluding carboxylic acids is 1. The third kappa shape index (κ3) is 3.27. The van der Waals surface area contributed by atoms with Crippen molar-refractivity contribution >= 4 is 5.97 Å². The van der Waals surface area contributed by atoms with Crippen molar-refractivity contribution < 1.29 is 9.53 Å². The van der Waals surface area contributed by atoms with Gasteiger partial charge < -0.3 is 15.0 Å². The van der Waals surface area contributed by atoms with E-state index >= 15 is 0 Å². The molecular weight excluding hydrogens is 180 g/mol. The zero-order valence-electron chi connectivity index (χ0n) is 9.08. The number of nitrogens with one attached hydrogen (secondary N) is 1. The lowest BCUT2D eigenvalue weighted by Crippen LogP contribution is -2.45. The summed E-state index contributed by atoms with van der Waals surface area (Å²) in [5.74, 6) is -0.154. The van der Waals surface area contributed by atoms with Crippen LogP contribution in [0.1, 0.15) is 19.8 Å². The fourth-order valence-corrected chi connectivity index (χ4v) is 1.83. The van der Waals surface area contributed by atoms with E-state index in [-0.39, 0.29) is 12.0 Å². The van der Waals surface area contributed by atoms with Crippen LogP contribution in [0.25, 0.3) is 0 Å². The fourth-order valence-electron chi connectivity index (χ4n) is 1.83. The number of nitrogens with zero attached hydrogens (tertiary/aromatic N) is 1. The molecule has 0 aliphatic carbocycles. The summed E-state index contributed by atoms with van der Waals surface area (Å²) >= 11 is 0. The topological polar surface area (TPSA) is 41.6 Å². The Morgan fingerprint density at radius 1 is 1.50 bits per heavy atom. The molecule has 1 saturated heterocycles. The summed E-state index contributed by atoms with van der Waals surface area (Å²) in [4.78, 5) is 13.7. The maximum absolute atomic E-state index is 11.4. The molecule has 4 nitrogen and oxygen atoms in total. The van der Waals surface area contributed by atoms with Gasteiger partial charge in [0.15, 0.2) is 0 Å². The number of likely N-dealkylation sites (N-methyl/N-ethyl adjacent to an activating group) is 1. The van der Waals surface area contributed by atoms with Crippen molar-refractivity contribution in [1.82, 2.24) is 10.2 Å². The molecular formula is C10H20N2O2. The van der Waals surface area contributed by atoms with E-state index in [4.69, 9.17) is 4.74 Å². The summed E-state index contributed by atoms with van der Waals surface area (Å²) in [6.07, 6.45) is 2.50.